The van der Waals surface area contributed by atoms with Crippen LogP contribution < -0.4 is 5.32 Å². The van der Waals surface area contributed by atoms with Gasteiger partial charge in [0.05, 0.1) is 12.2 Å². The Morgan fingerprint density at radius 2 is 2.25 bits per heavy atom. The van der Waals surface area contributed by atoms with E-state index in [1.54, 1.807) is 7.11 Å². The number of rotatable bonds is 5. The molecule has 1 fully saturated rings. The number of carbonyl (C=O) groups is 1. The molecule has 1 aromatic carbocycles. The minimum Gasteiger partial charge on any atom is -0.383 e. The number of methoxy groups -OCH3 is 1. The number of benzene rings is 1. The van der Waals surface area contributed by atoms with E-state index < -0.39 is 0 Å². The van der Waals surface area contributed by atoms with E-state index in [9.17, 15) is 4.79 Å². The van der Waals surface area contributed by atoms with Gasteiger partial charge in [-0.15, -0.1) is 0 Å². The summed E-state index contributed by atoms with van der Waals surface area (Å²) >= 11 is 0. The summed E-state index contributed by atoms with van der Waals surface area (Å²) in [6, 6.07) is 8.08. The van der Waals surface area contributed by atoms with Crippen LogP contribution in [0, 0.1) is 0 Å². The second kappa shape index (κ2) is 6.95. The van der Waals surface area contributed by atoms with Gasteiger partial charge in [-0.3, -0.25) is 4.79 Å². The Labute approximate surface area is 142 Å². The van der Waals surface area contributed by atoms with E-state index in [1.165, 1.54) is 0 Å². The Morgan fingerprint density at radius 3 is 3.00 bits per heavy atom. The molecule has 0 aliphatic carbocycles. The van der Waals surface area contributed by atoms with E-state index in [1.807, 2.05) is 24.4 Å². The van der Waals surface area contributed by atoms with Gasteiger partial charge in [0.2, 0.25) is 0 Å². The number of carbonyl (C=O) groups excluding carboxylic acids is 1. The van der Waals surface area contributed by atoms with Crippen molar-refractivity contribution in [2.75, 3.05) is 20.3 Å². The highest BCUT2D eigenvalue weighted by atomic mass is 16.5. The van der Waals surface area contributed by atoms with E-state index in [4.69, 9.17) is 9.47 Å². The number of hydrogen-bond acceptors (Lipinski definition) is 3. The lowest BCUT2D eigenvalue weighted by Gasteiger charge is -2.35. The highest BCUT2D eigenvalue weighted by Gasteiger charge is 2.29. The van der Waals surface area contributed by atoms with Crippen molar-refractivity contribution in [2.45, 2.75) is 44.9 Å². The van der Waals surface area contributed by atoms with Crippen molar-refractivity contribution in [1.29, 1.82) is 0 Å². The van der Waals surface area contributed by atoms with E-state index in [-0.39, 0.29) is 17.6 Å². The number of fused-ring (bicyclic) bond motifs is 1. The van der Waals surface area contributed by atoms with Gasteiger partial charge in [-0.1, -0.05) is 6.07 Å². The summed E-state index contributed by atoms with van der Waals surface area (Å²) in [6.07, 6.45) is 3.74. The topological polar surface area (TPSA) is 52.5 Å². The van der Waals surface area contributed by atoms with Crippen molar-refractivity contribution in [3.63, 3.8) is 0 Å². The minimum absolute atomic E-state index is 0.0147. The van der Waals surface area contributed by atoms with Gasteiger partial charge in [-0.2, -0.15) is 0 Å². The average molecular weight is 330 g/mol. The summed E-state index contributed by atoms with van der Waals surface area (Å²) in [4.78, 5) is 12.6. The summed E-state index contributed by atoms with van der Waals surface area (Å²) in [5.74, 6) is -0.0147. The predicted molar refractivity (Wildman–Crippen MR) is 94.3 cm³/mol. The third-order valence-corrected chi connectivity index (χ3v) is 4.60. The quantitative estimate of drug-likeness (QED) is 0.917. The Kier molecular flexibility index (Phi) is 4.92. The first-order chi connectivity index (χ1) is 11.5. The van der Waals surface area contributed by atoms with E-state index in [2.05, 4.69) is 29.8 Å². The number of nitrogens with zero attached hydrogens (tertiary/aromatic N) is 1. The fraction of sp³-hybridized carbons (Fsp3) is 0.526. The molecule has 0 bridgehead atoms. The maximum atomic E-state index is 12.6. The molecule has 1 aromatic heterocycles. The second-order valence-electron chi connectivity index (χ2n) is 7.05. The fourth-order valence-electron chi connectivity index (χ4n) is 3.33. The normalized spacial score (nSPS) is 20.2. The fourth-order valence-corrected chi connectivity index (χ4v) is 3.33. The molecule has 1 aliphatic heterocycles. The monoisotopic (exact) mass is 330 g/mol. The average Bonchev–Trinajstić information content (AvgIpc) is 2.94. The van der Waals surface area contributed by atoms with Crippen molar-refractivity contribution in [1.82, 2.24) is 9.88 Å². The van der Waals surface area contributed by atoms with Gasteiger partial charge in [-0.05, 0) is 50.3 Å². The molecule has 1 atom stereocenters. The molecule has 3 rings (SSSR count). The molecule has 1 N–H and O–H groups in total. The predicted octanol–water partition coefficient (Wildman–Crippen LogP) is 2.98. The van der Waals surface area contributed by atoms with Crippen LogP contribution in [0.1, 0.15) is 37.0 Å². The third-order valence-electron chi connectivity index (χ3n) is 4.60. The van der Waals surface area contributed by atoms with Gasteiger partial charge in [0.25, 0.3) is 5.91 Å². The van der Waals surface area contributed by atoms with Crippen molar-refractivity contribution in [2.24, 2.45) is 0 Å². The zero-order chi connectivity index (χ0) is 17.2. The van der Waals surface area contributed by atoms with Gasteiger partial charge < -0.3 is 19.4 Å². The summed E-state index contributed by atoms with van der Waals surface area (Å²) in [5, 5.41) is 4.29. The lowest BCUT2D eigenvalue weighted by Crippen LogP contribution is -2.45. The smallest absolute Gasteiger partial charge is 0.251 e. The zero-order valence-electron chi connectivity index (χ0n) is 14.7. The molecule has 0 spiro atoms. The van der Waals surface area contributed by atoms with Crippen LogP contribution in [-0.4, -0.2) is 42.4 Å². The van der Waals surface area contributed by atoms with Crippen LogP contribution >= 0.6 is 0 Å². The molecule has 0 unspecified atom stereocenters. The number of hydrogen-bond donors (Lipinski definition) is 1. The molecule has 1 amide bonds. The third kappa shape index (κ3) is 3.79. The van der Waals surface area contributed by atoms with Gasteiger partial charge in [0, 0.05) is 43.6 Å². The molecule has 1 saturated heterocycles. The van der Waals surface area contributed by atoms with Crippen LogP contribution in [-0.2, 0) is 16.0 Å². The summed E-state index contributed by atoms with van der Waals surface area (Å²) in [7, 11) is 1.69. The number of amides is 1. The number of nitrogens with one attached hydrogen (secondary N) is 1. The molecule has 1 aliphatic rings. The van der Waals surface area contributed by atoms with Gasteiger partial charge in [0.1, 0.15) is 0 Å². The molecule has 0 radical (unpaired) electrons. The molecule has 130 valence electrons. The lowest BCUT2D eigenvalue weighted by molar-refractivity contribution is -0.0615. The van der Waals surface area contributed by atoms with Crippen LogP contribution in [0.3, 0.4) is 0 Å². The van der Waals surface area contributed by atoms with Gasteiger partial charge in [-0.25, -0.2) is 0 Å². The minimum atomic E-state index is -0.172. The van der Waals surface area contributed by atoms with Crippen molar-refractivity contribution in [3.05, 3.63) is 36.0 Å². The Morgan fingerprint density at radius 1 is 1.42 bits per heavy atom. The van der Waals surface area contributed by atoms with E-state index in [0.29, 0.717) is 18.8 Å². The van der Waals surface area contributed by atoms with Crippen molar-refractivity contribution >= 4 is 16.8 Å². The molecule has 24 heavy (non-hydrogen) atoms. The second-order valence-corrected chi connectivity index (χ2v) is 7.05. The van der Waals surface area contributed by atoms with Crippen LogP contribution in [0.25, 0.3) is 10.9 Å². The van der Waals surface area contributed by atoms with Crippen molar-refractivity contribution < 1.29 is 14.3 Å². The summed E-state index contributed by atoms with van der Waals surface area (Å²) in [6.45, 7) is 6.26. The van der Waals surface area contributed by atoms with Crippen molar-refractivity contribution in [3.8, 4) is 0 Å². The largest absolute Gasteiger partial charge is 0.383 e. The Balaban J connectivity index is 1.74. The first kappa shape index (κ1) is 17.0. The van der Waals surface area contributed by atoms with Crippen LogP contribution in [0.15, 0.2) is 30.5 Å². The molecule has 5 heteroatoms. The standard InChI is InChI=1S/C19H26N2O3/c1-19(2)13-16(7-10-24-19)20-18(22)15-5-4-14-6-8-21(9-11-23-3)17(14)12-15/h4-6,8,12,16H,7,9-11,13H2,1-3H3,(H,20,22)/t16-/m1/s1. The van der Waals surface area contributed by atoms with Crippen LogP contribution in [0.5, 0.6) is 0 Å². The highest BCUT2D eigenvalue weighted by Crippen LogP contribution is 2.24. The number of aromatic nitrogens is 1. The molecule has 5 nitrogen and oxygen atoms in total. The maximum absolute atomic E-state index is 12.6. The van der Waals surface area contributed by atoms with E-state index >= 15 is 0 Å². The highest BCUT2D eigenvalue weighted by molar-refractivity contribution is 5.98. The maximum Gasteiger partial charge on any atom is 0.251 e. The van der Waals surface area contributed by atoms with E-state index in [0.717, 1.165) is 30.3 Å². The molecule has 0 saturated carbocycles. The van der Waals surface area contributed by atoms with Crippen LogP contribution in [0.2, 0.25) is 0 Å². The SMILES string of the molecule is COCCn1ccc2ccc(C(=O)N[C@@H]3CCOC(C)(C)C3)cc21. The Bertz CT molecular complexity index is 720. The first-order valence-electron chi connectivity index (χ1n) is 8.51. The summed E-state index contributed by atoms with van der Waals surface area (Å²) < 4.78 is 13.0. The molecular formula is C19H26N2O3. The lowest BCUT2D eigenvalue weighted by atomic mass is 9.93. The first-order valence-corrected chi connectivity index (χ1v) is 8.51. The Hall–Kier alpha value is -1.85. The molecular weight excluding hydrogens is 304 g/mol. The molecule has 2 heterocycles. The summed E-state index contributed by atoms with van der Waals surface area (Å²) in [5.41, 5.74) is 1.59. The zero-order valence-corrected chi connectivity index (χ0v) is 14.7. The van der Waals surface area contributed by atoms with Gasteiger partial charge in [0.15, 0.2) is 0 Å². The van der Waals surface area contributed by atoms with Gasteiger partial charge >= 0.3 is 0 Å². The van der Waals surface area contributed by atoms with Crippen LogP contribution in [0.4, 0.5) is 0 Å². The molecule has 2 aromatic rings. The number of ether oxygens (including phenoxy) is 2.